The molecule has 1 amide bonds. The van der Waals surface area contributed by atoms with E-state index < -0.39 is 0 Å². The van der Waals surface area contributed by atoms with Gasteiger partial charge in [-0.1, -0.05) is 28.9 Å². The number of hydrogen-bond acceptors (Lipinski definition) is 5. The van der Waals surface area contributed by atoms with Crippen LogP contribution in [0.5, 0.6) is 0 Å². The van der Waals surface area contributed by atoms with Gasteiger partial charge in [0.2, 0.25) is 5.91 Å². The number of amides is 1. The van der Waals surface area contributed by atoms with Gasteiger partial charge in [-0.15, -0.1) is 0 Å². The second kappa shape index (κ2) is 9.97. The van der Waals surface area contributed by atoms with Crippen molar-refractivity contribution in [2.45, 2.75) is 27.0 Å². The Kier molecular flexibility index (Phi) is 6.86. The minimum atomic E-state index is -0.325. The maximum Gasteiger partial charge on any atom is 0.250 e. The number of aromatic nitrogens is 3. The van der Waals surface area contributed by atoms with E-state index in [0.717, 1.165) is 17.0 Å². The average Bonchev–Trinajstić information content (AvgIpc) is 3.36. The molecule has 1 N–H and O–H groups in total. The minimum absolute atomic E-state index is 0.103. The molecule has 0 aliphatic heterocycles. The Hall–Kier alpha value is -3.49. The minimum Gasteiger partial charge on any atom is -0.365 e. The predicted molar refractivity (Wildman–Crippen MR) is 122 cm³/mol. The molecular weight excluding hydrogens is 447 g/mol. The Bertz CT molecular complexity index is 1250. The molecule has 0 fully saturated rings. The van der Waals surface area contributed by atoms with Crippen LogP contribution >= 0.6 is 11.6 Å². The van der Waals surface area contributed by atoms with Crippen LogP contribution in [0.3, 0.4) is 0 Å². The van der Waals surface area contributed by atoms with Crippen LogP contribution in [0.25, 0.3) is 11.3 Å². The number of nitrogens with one attached hydrogen (secondary N) is 1. The van der Waals surface area contributed by atoms with Crippen molar-refractivity contribution in [2.24, 2.45) is 0 Å². The lowest BCUT2D eigenvalue weighted by atomic mass is 10.1. The Balaban J connectivity index is 1.31. The summed E-state index contributed by atoms with van der Waals surface area (Å²) < 4.78 is 25.6. The van der Waals surface area contributed by atoms with Crippen LogP contribution < -0.4 is 5.32 Å². The molecule has 0 aliphatic carbocycles. The summed E-state index contributed by atoms with van der Waals surface area (Å²) in [6, 6.07) is 15.1. The van der Waals surface area contributed by atoms with Crippen molar-refractivity contribution in [1.82, 2.24) is 14.9 Å². The van der Waals surface area contributed by atoms with Gasteiger partial charge in [0.1, 0.15) is 18.1 Å². The molecule has 0 unspecified atom stereocenters. The number of nitrogens with zero attached hydrogens (tertiary/aromatic N) is 3. The van der Waals surface area contributed by atoms with E-state index in [1.54, 1.807) is 18.2 Å². The Morgan fingerprint density at radius 1 is 1.15 bits per heavy atom. The predicted octanol–water partition coefficient (Wildman–Crippen LogP) is 5.15. The van der Waals surface area contributed by atoms with Crippen LogP contribution in [0.15, 0.2) is 59.1 Å². The number of carbonyl (C=O) groups excluding carboxylic acids is 1. The van der Waals surface area contributed by atoms with E-state index in [2.05, 4.69) is 15.6 Å². The van der Waals surface area contributed by atoms with E-state index in [1.807, 2.05) is 42.8 Å². The fraction of sp³-hybridized carbons (Fsp3) is 0.208. The zero-order chi connectivity index (χ0) is 23.4. The maximum absolute atomic E-state index is 13.1. The van der Waals surface area contributed by atoms with Gasteiger partial charge in [-0.3, -0.25) is 9.48 Å². The van der Waals surface area contributed by atoms with Gasteiger partial charge in [0.05, 0.1) is 30.2 Å². The molecule has 0 bridgehead atoms. The lowest BCUT2D eigenvalue weighted by molar-refractivity contribution is -0.121. The molecule has 0 atom stereocenters. The summed E-state index contributed by atoms with van der Waals surface area (Å²) >= 11 is 5.94. The first kappa shape index (κ1) is 22.7. The zero-order valence-electron chi connectivity index (χ0n) is 18.1. The molecule has 9 heteroatoms. The van der Waals surface area contributed by atoms with Crippen molar-refractivity contribution in [3.8, 4) is 11.3 Å². The molecule has 170 valence electrons. The smallest absolute Gasteiger partial charge is 0.250 e. The van der Waals surface area contributed by atoms with Gasteiger partial charge in [0.25, 0.3) is 0 Å². The van der Waals surface area contributed by atoms with Crippen LogP contribution in [0.4, 0.5) is 10.1 Å². The van der Waals surface area contributed by atoms with Gasteiger partial charge in [-0.2, -0.15) is 5.10 Å². The summed E-state index contributed by atoms with van der Waals surface area (Å²) in [6.45, 7) is 4.26. The van der Waals surface area contributed by atoms with Crippen molar-refractivity contribution < 1.29 is 18.4 Å². The molecule has 0 spiro atoms. The first-order chi connectivity index (χ1) is 15.9. The third-order valence-electron chi connectivity index (χ3n) is 5.06. The highest BCUT2D eigenvalue weighted by Crippen LogP contribution is 2.22. The second-order valence-corrected chi connectivity index (χ2v) is 8.00. The van der Waals surface area contributed by atoms with Crippen molar-refractivity contribution in [3.63, 3.8) is 0 Å². The Labute approximate surface area is 195 Å². The van der Waals surface area contributed by atoms with Crippen molar-refractivity contribution in [1.29, 1.82) is 0 Å². The van der Waals surface area contributed by atoms with Crippen LogP contribution in [-0.2, 0) is 22.7 Å². The zero-order valence-corrected chi connectivity index (χ0v) is 18.9. The molecular formula is C24H22ClFN4O3. The lowest BCUT2D eigenvalue weighted by Crippen LogP contribution is -2.19. The normalized spacial score (nSPS) is 11.0. The van der Waals surface area contributed by atoms with Crippen molar-refractivity contribution in [3.05, 3.63) is 88.1 Å². The first-order valence-electron chi connectivity index (χ1n) is 10.3. The SMILES string of the molecule is Cc1nn(Cc2ccc(Cl)cc2)c(C)c1NC(=O)COCc1cc(-c2ccc(F)cc2)on1. The molecule has 33 heavy (non-hydrogen) atoms. The van der Waals surface area contributed by atoms with Crippen LogP contribution in [0.1, 0.15) is 22.6 Å². The van der Waals surface area contributed by atoms with E-state index in [9.17, 15) is 9.18 Å². The van der Waals surface area contributed by atoms with E-state index in [0.29, 0.717) is 34.3 Å². The molecule has 7 nitrogen and oxygen atoms in total. The Morgan fingerprint density at radius 2 is 1.88 bits per heavy atom. The van der Waals surface area contributed by atoms with Gasteiger partial charge < -0.3 is 14.6 Å². The lowest BCUT2D eigenvalue weighted by Gasteiger charge is -2.08. The number of benzene rings is 2. The van der Waals surface area contributed by atoms with Crippen molar-refractivity contribution >= 4 is 23.2 Å². The van der Waals surface area contributed by atoms with E-state index in [-0.39, 0.29) is 24.9 Å². The number of anilines is 1. The van der Waals surface area contributed by atoms with Crippen LogP contribution in [0.2, 0.25) is 5.02 Å². The van der Waals surface area contributed by atoms with Gasteiger partial charge in [-0.25, -0.2) is 4.39 Å². The summed E-state index contributed by atoms with van der Waals surface area (Å²) in [7, 11) is 0. The number of rotatable bonds is 8. The summed E-state index contributed by atoms with van der Waals surface area (Å²) in [5.74, 6) is -0.124. The molecule has 2 heterocycles. The highest BCUT2D eigenvalue weighted by Gasteiger charge is 2.15. The van der Waals surface area contributed by atoms with E-state index in [4.69, 9.17) is 20.9 Å². The molecule has 0 saturated heterocycles. The summed E-state index contributed by atoms with van der Waals surface area (Å²) in [4.78, 5) is 12.4. The van der Waals surface area contributed by atoms with Gasteiger partial charge >= 0.3 is 0 Å². The summed E-state index contributed by atoms with van der Waals surface area (Å²) in [6.07, 6.45) is 0. The molecule has 4 aromatic rings. The third-order valence-corrected chi connectivity index (χ3v) is 5.31. The molecule has 2 aromatic heterocycles. The number of hydrogen-bond donors (Lipinski definition) is 1. The van der Waals surface area contributed by atoms with Crippen molar-refractivity contribution in [2.75, 3.05) is 11.9 Å². The molecule has 2 aromatic carbocycles. The monoisotopic (exact) mass is 468 g/mol. The number of halogens is 2. The molecule has 0 saturated carbocycles. The maximum atomic E-state index is 13.1. The highest BCUT2D eigenvalue weighted by molar-refractivity contribution is 6.30. The number of aryl methyl sites for hydroxylation is 1. The number of carbonyl (C=O) groups is 1. The van der Waals surface area contributed by atoms with E-state index in [1.165, 1.54) is 12.1 Å². The van der Waals surface area contributed by atoms with Crippen LogP contribution in [0, 0.1) is 19.7 Å². The van der Waals surface area contributed by atoms with E-state index >= 15 is 0 Å². The number of ether oxygens (including phenoxy) is 1. The van der Waals surface area contributed by atoms with Crippen LogP contribution in [-0.4, -0.2) is 27.5 Å². The highest BCUT2D eigenvalue weighted by atomic mass is 35.5. The fourth-order valence-electron chi connectivity index (χ4n) is 3.35. The topological polar surface area (TPSA) is 82.2 Å². The summed E-state index contributed by atoms with van der Waals surface area (Å²) in [5.41, 5.74) is 4.52. The quantitative estimate of drug-likeness (QED) is 0.386. The fourth-order valence-corrected chi connectivity index (χ4v) is 3.47. The van der Waals surface area contributed by atoms with Gasteiger partial charge in [0.15, 0.2) is 5.76 Å². The summed E-state index contributed by atoms with van der Waals surface area (Å²) in [5, 5.41) is 12.0. The standard InChI is InChI=1S/C24H22ClFN4O3/c1-15-24(16(2)30(28-15)12-17-3-7-19(25)8-4-17)27-23(31)14-32-13-21-11-22(33-29-21)18-5-9-20(26)10-6-18/h3-11H,12-14H2,1-2H3,(H,27,31). The molecule has 4 rings (SSSR count). The molecule has 0 aliphatic rings. The Morgan fingerprint density at radius 3 is 2.61 bits per heavy atom. The van der Waals surface area contributed by atoms with Gasteiger partial charge in [0, 0.05) is 16.7 Å². The van der Waals surface area contributed by atoms with Gasteiger partial charge in [-0.05, 0) is 55.8 Å². The largest absolute Gasteiger partial charge is 0.365 e. The molecule has 0 radical (unpaired) electrons. The first-order valence-corrected chi connectivity index (χ1v) is 10.6. The average molecular weight is 469 g/mol. The third kappa shape index (κ3) is 5.66. The second-order valence-electron chi connectivity index (χ2n) is 7.56.